The molecule has 57 heavy (non-hydrogen) atoms. The first-order valence-electron chi connectivity index (χ1n) is 15.1. The second kappa shape index (κ2) is 19.2. The smallest absolute Gasteiger partial charge is 0.870 e. The van der Waals surface area contributed by atoms with E-state index in [4.69, 9.17) is 4.74 Å². The maximum atomic E-state index is 14.1. The molecule has 1 saturated heterocycles. The first kappa shape index (κ1) is 49.4. The second-order valence-corrected chi connectivity index (χ2v) is 17.4. The third-order valence-corrected chi connectivity index (χ3v) is 11.9. The van der Waals surface area contributed by atoms with Gasteiger partial charge in [0, 0.05) is 24.2 Å². The van der Waals surface area contributed by atoms with E-state index < -0.39 is 112 Å². The van der Waals surface area contributed by atoms with Gasteiger partial charge in [-0.2, -0.15) is 23.4 Å². The summed E-state index contributed by atoms with van der Waals surface area (Å²) >= 11 is 0. The largest absolute Gasteiger partial charge is 1.00 e. The van der Waals surface area contributed by atoms with Gasteiger partial charge in [-0.05, 0) is 40.4 Å². The Hall–Kier alpha value is -1.99. The van der Waals surface area contributed by atoms with Gasteiger partial charge in [-0.25, -0.2) is 25.3 Å². The molecule has 0 atom stereocenters. The Bertz CT molecular complexity index is 2830. The van der Waals surface area contributed by atoms with Gasteiger partial charge in [-0.3, -0.25) is 4.55 Å². The van der Waals surface area contributed by atoms with Crippen LogP contribution in [0.25, 0.3) is 21.5 Å². The van der Waals surface area contributed by atoms with E-state index >= 15 is 0 Å². The summed E-state index contributed by atoms with van der Waals surface area (Å²) in [5.74, 6) is -3.08. The molecule has 3 N–H and O–H groups in total. The van der Waals surface area contributed by atoms with Crippen molar-refractivity contribution in [2.24, 2.45) is 10.2 Å². The molecule has 5 aromatic rings. The summed E-state index contributed by atoms with van der Waals surface area (Å²) in [5.41, 5.74) is -2.38. The molecule has 0 aliphatic carbocycles. The zero-order valence-electron chi connectivity index (χ0n) is 30.0. The number of anilines is 3. The van der Waals surface area contributed by atoms with Gasteiger partial charge in [0.15, 0.2) is 0 Å². The number of nitrogens with zero attached hydrogens (tertiary/aromatic N) is 6. The predicted octanol–water partition coefficient (Wildman–Crippen LogP) is -7.92. The van der Waals surface area contributed by atoms with Crippen LogP contribution in [0.2, 0.25) is 0 Å². The van der Waals surface area contributed by atoms with Crippen molar-refractivity contribution in [1.29, 1.82) is 0 Å². The van der Waals surface area contributed by atoms with E-state index in [9.17, 15) is 57.5 Å². The topological polar surface area (TPSA) is 334 Å². The normalized spacial score (nSPS) is 13.9. The summed E-state index contributed by atoms with van der Waals surface area (Å²) in [5, 5.41) is 31.5. The number of rotatable bonds is 11. The zero-order valence-corrected chi connectivity index (χ0v) is 39.3. The van der Waals surface area contributed by atoms with Crippen molar-refractivity contribution < 1.29 is 151 Å². The number of aliphatic hydroxyl groups excluding tert-OH is 1. The molecule has 0 unspecified atom stereocenters. The standard InChI is InChI=1S/C29H27N7O14S4.3Na/c37-9-12-51(39,40)29-32-27(31-28(33-29)36-7-10-50-11-8-36)30-21-15-18(52(41,42)43)13-17-14-22(53(44,45)46)24(25(38)23(17)21)35-34-20-6-5-16-3-1-2-4-19(16)26(20)54(47,48)49;;;/h1-6,13-15,37-38H,7-12H2,(H,41,42,43)(H,44,45,46)(H,47,48,49)(H,30,31,32,33);;;/q;3*+1/p-3. The molecule has 0 radical (unpaired) electrons. The van der Waals surface area contributed by atoms with Crippen molar-refractivity contribution in [1.82, 2.24) is 15.0 Å². The first-order chi connectivity index (χ1) is 25.3. The number of hydrogen-bond donors (Lipinski definition) is 3. The Labute approximate surface area is 391 Å². The molecule has 0 saturated carbocycles. The van der Waals surface area contributed by atoms with E-state index in [-0.39, 0.29) is 126 Å². The van der Waals surface area contributed by atoms with Crippen LogP contribution in [-0.2, 0) is 44.9 Å². The van der Waals surface area contributed by atoms with Crippen LogP contribution in [0.1, 0.15) is 0 Å². The summed E-state index contributed by atoms with van der Waals surface area (Å²) in [6.45, 7) is -0.0258. The van der Waals surface area contributed by atoms with E-state index in [1.54, 1.807) is 6.07 Å². The number of sulfone groups is 1. The number of nitrogens with one attached hydrogen (secondary N) is 1. The van der Waals surface area contributed by atoms with Gasteiger partial charge in [0.25, 0.3) is 15.3 Å². The Morgan fingerprint density at radius 2 is 1.49 bits per heavy atom. The van der Waals surface area contributed by atoms with Crippen molar-refractivity contribution in [3.8, 4) is 5.75 Å². The minimum absolute atomic E-state index is 0. The molecular weight excluding hydrogens is 868 g/mol. The molecule has 1 aliphatic heterocycles. The van der Waals surface area contributed by atoms with Gasteiger partial charge in [-0.1, -0.05) is 36.1 Å². The minimum Gasteiger partial charge on any atom is -0.870 e. The number of morpholine rings is 1. The predicted molar refractivity (Wildman–Crippen MR) is 183 cm³/mol. The number of aliphatic hydroxyl groups is 1. The average Bonchev–Trinajstić information content (AvgIpc) is 3.09. The average molecular weight is 892 g/mol. The molecule has 28 heteroatoms. The van der Waals surface area contributed by atoms with Crippen LogP contribution in [0.15, 0.2) is 84.7 Å². The van der Waals surface area contributed by atoms with Crippen molar-refractivity contribution in [2.45, 2.75) is 19.8 Å². The molecule has 0 bridgehead atoms. The molecule has 0 amide bonds. The Morgan fingerprint density at radius 1 is 0.825 bits per heavy atom. The Morgan fingerprint density at radius 3 is 2.11 bits per heavy atom. The summed E-state index contributed by atoms with van der Waals surface area (Å²) in [4.78, 5) is 10.4. The molecule has 1 fully saturated rings. The summed E-state index contributed by atoms with van der Waals surface area (Å²) in [7, 11) is -20.4. The number of aromatic nitrogens is 3. The third-order valence-electron chi connectivity index (χ3n) is 7.82. The van der Waals surface area contributed by atoms with Gasteiger partial charge >= 0.3 is 88.7 Å². The SMILES string of the molecule is O=S(=O)([O-])c1cc(Nc2nc(N3CCOCC3)nc(S(=O)(=O)CCO)n2)c2c([O-])c(N=Nc3ccc4ccccc4c3S(=O)(=O)O)c(S(=O)(=O)[O-])cc2c1.[Na+].[Na+].[Na+]. The maximum Gasteiger partial charge on any atom is 1.00 e. The van der Waals surface area contributed by atoms with Crippen LogP contribution >= 0.6 is 0 Å². The molecule has 0 spiro atoms. The Balaban J connectivity index is 0.00000290. The van der Waals surface area contributed by atoms with Crippen LogP contribution in [0.3, 0.4) is 0 Å². The second-order valence-electron chi connectivity index (χ2n) is 11.3. The fourth-order valence-corrected chi connectivity index (χ4v) is 8.32. The Kier molecular flexibility index (Phi) is 16.6. The van der Waals surface area contributed by atoms with E-state index in [0.29, 0.717) is 23.6 Å². The molecule has 1 aromatic heterocycles. The first-order valence-corrected chi connectivity index (χ1v) is 21.0. The van der Waals surface area contributed by atoms with Crippen LogP contribution in [0, 0.1) is 0 Å². The molecule has 1 aliphatic rings. The van der Waals surface area contributed by atoms with Crippen LogP contribution < -0.4 is 104 Å². The van der Waals surface area contributed by atoms with E-state index in [0.717, 1.165) is 6.07 Å². The number of hydrogen-bond acceptors (Lipinski definition) is 20. The fraction of sp³-hybridized carbons (Fsp3) is 0.207. The van der Waals surface area contributed by atoms with Crippen LogP contribution in [0.5, 0.6) is 5.75 Å². The summed E-state index contributed by atoms with van der Waals surface area (Å²) in [6, 6.07) is 10.1. The van der Waals surface area contributed by atoms with Gasteiger partial charge < -0.3 is 34.3 Å². The van der Waals surface area contributed by atoms with Crippen LogP contribution in [-0.4, -0.2) is 106 Å². The van der Waals surface area contributed by atoms with E-state index in [1.165, 1.54) is 29.2 Å². The molecule has 286 valence electrons. The van der Waals surface area contributed by atoms with Crippen molar-refractivity contribution in [2.75, 3.05) is 48.9 Å². The van der Waals surface area contributed by atoms with Crippen molar-refractivity contribution in [3.63, 3.8) is 0 Å². The monoisotopic (exact) mass is 891 g/mol. The van der Waals surface area contributed by atoms with E-state index in [1.807, 2.05) is 0 Å². The van der Waals surface area contributed by atoms with Gasteiger partial charge in [0.05, 0.1) is 41.1 Å². The maximum absolute atomic E-state index is 14.1. The number of ether oxygens (including phenoxy) is 1. The molecular formula is C29H24N7Na3O14S4. The van der Waals surface area contributed by atoms with Gasteiger partial charge in [0.2, 0.25) is 21.7 Å². The van der Waals surface area contributed by atoms with E-state index in [2.05, 4.69) is 30.5 Å². The van der Waals surface area contributed by atoms with Gasteiger partial charge in [0.1, 0.15) is 30.8 Å². The summed E-state index contributed by atoms with van der Waals surface area (Å²) in [6.07, 6.45) is 0. The van der Waals surface area contributed by atoms with Crippen molar-refractivity contribution >= 4 is 90.7 Å². The van der Waals surface area contributed by atoms with Crippen molar-refractivity contribution in [3.05, 3.63) is 54.6 Å². The summed E-state index contributed by atoms with van der Waals surface area (Å²) < 4.78 is 140. The quantitative estimate of drug-likeness (QED) is 0.0630. The third kappa shape index (κ3) is 11.0. The molecule has 6 rings (SSSR count). The fourth-order valence-electron chi connectivity index (χ4n) is 5.44. The number of azo groups is 1. The number of benzene rings is 4. The number of fused-ring (bicyclic) bond motifs is 2. The zero-order chi connectivity index (χ0) is 39.2. The molecule has 4 aromatic carbocycles. The van der Waals surface area contributed by atoms with Crippen LogP contribution in [0.4, 0.5) is 29.0 Å². The van der Waals surface area contributed by atoms with Gasteiger partial charge in [-0.15, -0.1) is 10.2 Å². The molecule has 21 nitrogen and oxygen atoms in total. The molecule has 2 heterocycles. The minimum atomic E-state index is -5.65.